The summed E-state index contributed by atoms with van der Waals surface area (Å²) in [5, 5.41) is 3.08. The van der Waals surface area contributed by atoms with E-state index in [2.05, 4.69) is 20.3 Å². The van der Waals surface area contributed by atoms with E-state index in [0.29, 0.717) is 17.3 Å². The summed E-state index contributed by atoms with van der Waals surface area (Å²) in [7, 11) is 0. The summed E-state index contributed by atoms with van der Waals surface area (Å²) in [6.45, 7) is 1.72. The normalized spacial score (nSPS) is 10.1. The lowest BCUT2D eigenvalue weighted by atomic mass is 10.2. The number of nitrogens with one attached hydrogen (secondary N) is 1. The number of rotatable bonds is 3. The van der Waals surface area contributed by atoms with Crippen LogP contribution in [0, 0.1) is 6.92 Å². The molecule has 18 heavy (non-hydrogen) atoms. The van der Waals surface area contributed by atoms with Gasteiger partial charge in [-0.05, 0) is 42.8 Å². The van der Waals surface area contributed by atoms with Gasteiger partial charge < -0.3 is 11.1 Å². The van der Waals surface area contributed by atoms with E-state index in [9.17, 15) is 4.79 Å². The summed E-state index contributed by atoms with van der Waals surface area (Å²) in [4.78, 5) is 22.8. The zero-order valence-electron chi connectivity index (χ0n) is 9.51. The molecule has 0 fully saturated rings. The summed E-state index contributed by atoms with van der Waals surface area (Å²) < 4.78 is 0. The minimum Gasteiger partial charge on any atom is -0.366 e. The lowest BCUT2D eigenvalue weighted by molar-refractivity contribution is 0.100. The van der Waals surface area contributed by atoms with E-state index in [0.717, 1.165) is 5.69 Å². The number of carbonyl (C=O) groups excluding carboxylic acids is 1. The molecule has 1 aromatic carbocycles. The van der Waals surface area contributed by atoms with E-state index in [-0.39, 0.29) is 5.28 Å². The first-order chi connectivity index (χ1) is 8.54. The van der Waals surface area contributed by atoms with Crippen LogP contribution in [0.25, 0.3) is 0 Å². The second-order valence-electron chi connectivity index (χ2n) is 3.54. The van der Waals surface area contributed by atoms with Gasteiger partial charge in [0.15, 0.2) is 0 Å². The summed E-state index contributed by atoms with van der Waals surface area (Å²) >= 11 is 5.72. The molecule has 0 radical (unpaired) electrons. The monoisotopic (exact) mass is 263 g/mol. The van der Waals surface area contributed by atoms with Crippen molar-refractivity contribution in [3.63, 3.8) is 0 Å². The molecule has 1 aromatic heterocycles. The summed E-state index contributed by atoms with van der Waals surface area (Å²) in [5.41, 5.74) is 6.31. The second-order valence-corrected chi connectivity index (χ2v) is 3.88. The molecule has 2 aromatic rings. The highest BCUT2D eigenvalue weighted by atomic mass is 35.5. The Hall–Kier alpha value is -2.21. The fraction of sp³-hybridized carbons (Fsp3) is 0.0909. The van der Waals surface area contributed by atoms with Gasteiger partial charge in [0, 0.05) is 11.3 Å². The van der Waals surface area contributed by atoms with E-state index in [4.69, 9.17) is 17.3 Å². The molecule has 6 nitrogen and oxygen atoms in total. The van der Waals surface area contributed by atoms with Crippen LogP contribution in [0.3, 0.4) is 0 Å². The number of amides is 1. The number of primary amides is 1. The van der Waals surface area contributed by atoms with E-state index in [1.165, 1.54) is 0 Å². The molecule has 1 heterocycles. The molecule has 0 aliphatic rings. The zero-order chi connectivity index (χ0) is 13.1. The number of nitrogens with two attached hydrogens (primary N) is 1. The molecule has 0 bridgehead atoms. The number of hydrogen-bond donors (Lipinski definition) is 2. The van der Waals surface area contributed by atoms with Crippen molar-refractivity contribution in [3.05, 3.63) is 40.9 Å². The van der Waals surface area contributed by atoms with Crippen LogP contribution in [0.15, 0.2) is 24.3 Å². The first kappa shape index (κ1) is 12.3. The smallest absolute Gasteiger partial charge is 0.248 e. The lowest BCUT2D eigenvalue weighted by Crippen LogP contribution is -2.10. The van der Waals surface area contributed by atoms with Crippen LogP contribution in [0.1, 0.15) is 16.2 Å². The molecule has 0 aliphatic carbocycles. The molecule has 0 unspecified atom stereocenters. The first-order valence-electron chi connectivity index (χ1n) is 5.09. The SMILES string of the molecule is Cc1nc(Cl)nc(Nc2ccc(C(N)=O)cc2)n1. The van der Waals surface area contributed by atoms with Crippen molar-refractivity contribution in [2.45, 2.75) is 6.92 Å². The van der Waals surface area contributed by atoms with Crippen molar-refractivity contribution in [1.29, 1.82) is 0 Å². The Bertz CT molecular complexity index is 564. The van der Waals surface area contributed by atoms with E-state index < -0.39 is 5.91 Å². The Kier molecular flexibility index (Phi) is 3.38. The van der Waals surface area contributed by atoms with Gasteiger partial charge in [-0.15, -0.1) is 0 Å². The van der Waals surface area contributed by atoms with Crippen molar-refractivity contribution in [2.24, 2.45) is 5.73 Å². The lowest BCUT2D eigenvalue weighted by Gasteiger charge is -2.05. The van der Waals surface area contributed by atoms with Gasteiger partial charge in [0.05, 0.1) is 0 Å². The van der Waals surface area contributed by atoms with Crippen molar-refractivity contribution in [1.82, 2.24) is 15.0 Å². The Balaban J connectivity index is 2.20. The number of carbonyl (C=O) groups is 1. The van der Waals surface area contributed by atoms with Crippen LogP contribution in [0.4, 0.5) is 11.6 Å². The van der Waals surface area contributed by atoms with Gasteiger partial charge in [0.25, 0.3) is 0 Å². The maximum Gasteiger partial charge on any atom is 0.248 e. The molecule has 92 valence electrons. The van der Waals surface area contributed by atoms with Gasteiger partial charge in [-0.3, -0.25) is 4.79 Å². The number of benzene rings is 1. The Morgan fingerprint density at radius 1 is 1.22 bits per heavy atom. The van der Waals surface area contributed by atoms with Gasteiger partial charge in [0.2, 0.25) is 17.1 Å². The molecule has 0 saturated carbocycles. The Morgan fingerprint density at radius 3 is 2.44 bits per heavy atom. The number of aromatic nitrogens is 3. The minimum atomic E-state index is -0.472. The quantitative estimate of drug-likeness (QED) is 0.879. The third kappa shape index (κ3) is 2.92. The average Bonchev–Trinajstić information content (AvgIpc) is 2.28. The van der Waals surface area contributed by atoms with Crippen LogP contribution < -0.4 is 11.1 Å². The maximum atomic E-state index is 10.9. The second kappa shape index (κ2) is 4.97. The summed E-state index contributed by atoms with van der Waals surface area (Å²) in [5.74, 6) is 0.395. The molecule has 2 rings (SSSR count). The molecule has 0 atom stereocenters. The fourth-order valence-electron chi connectivity index (χ4n) is 1.35. The van der Waals surface area contributed by atoms with Crippen LogP contribution >= 0.6 is 11.6 Å². The molecular formula is C11H10ClN5O. The van der Waals surface area contributed by atoms with Crippen LogP contribution in [0.2, 0.25) is 5.28 Å². The van der Waals surface area contributed by atoms with E-state index >= 15 is 0 Å². The number of hydrogen-bond acceptors (Lipinski definition) is 5. The van der Waals surface area contributed by atoms with Gasteiger partial charge in [-0.2, -0.15) is 9.97 Å². The summed E-state index contributed by atoms with van der Waals surface area (Å²) in [6.07, 6.45) is 0. The molecule has 3 N–H and O–H groups in total. The summed E-state index contributed by atoms with van der Waals surface area (Å²) in [6, 6.07) is 6.63. The zero-order valence-corrected chi connectivity index (χ0v) is 10.3. The number of anilines is 2. The fourth-order valence-corrected chi connectivity index (χ4v) is 1.55. The number of aryl methyl sites for hydroxylation is 1. The van der Waals surface area contributed by atoms with Gasteiger partial charge in [-0.25, -0.2) is 4.98 Å². The maximum absolute atomic E-state index is 10.9. The van der Waals surface area contributed by atoms with Crippen molar-refractivity contribution in [3.8, 4) is 0 Å². The highest BCUT2D eigenvalue weighted by Crippen LogP contribution is 2.14. The van der Waals surface area contributed by atoms with Gasteiger partial charge in [0.1, 0.15) is 5.82 Å². The molecule has 0 aliphatic heterocycles. The predicted molar refractivity (Wildman–Crippen MR) is 67.8 cm³/mol. The van der Waals surface area contributed by atoms with E-state index in [1.54, 1.807) is 31.2 Å². The van der Waals surface area contributed by atoms with Gasteiger partial charge >= 0.3 is 0 Å². The largest absolute Gasteiger partial charge is 0.366 e. The average molecular weight is 264 g/mol. The molecule has 0 saturated heterocycles. The first-order valence-corrected chi connectivity index (χ1v) is 5.47. The standard InChI is InChI=1S/C11H10ClN5O/c1-6-14-10(12)17-11(15-6)16-8-4-2-7(3-5-8)9(13)18/h2-5H,1H3,(H2,13,18)(H,14,15,16,17). The third-order valence-corrected chi connectivity index (χ3v) is 2.31. The van der Waals surface area contributed by atoms with E-state index in [1.807, 2.05) is 0 Å². The van der Waals surface area contributed by atoms with Crippen LogP contribution in [-0.2, 0) is 0 Å². The number of nitrogens with zero attached hydrogens (tertiary/aromatic N) is 3. The van der Waals surface area contributed by atoms with Crippen molar-refractivity contribution in [2.75, 3.05) is 5.32 Å². The molecular weight excluding hydrogens is 254 g/mol. The van der Waals surface area contributed by atoms with Gasteiger partial charge in [-0.1, -0.05) is 0 Å². The van der Waals surface area contributed by atoms with Crippen molar-refractivity contribution < 1.29 is 4.79 Å². The topological polar surface area (TPSA) is 93.8 Å². The molecule has 0 spiro atoms. The predicted octanol–water partition coefficient (Wildman–Crippen LogP) is 1.68. The Labute approximate surface area is 108 Å². The molecule has 7 heteroatoms. The highest BCUT2D eigenvalue weighted by molar-refractivity contribution is 6.28. The third-order valence-electron chi connectivity index (χ3n) is 2.15. The minimum absolute atomic E-state index is 0.124. The van der Waals surface area contributed by atoms with Crippen molar-refractivity contribution >= 4 is 29.1 Å². The number of halogens is 1. The Morgan fingerprint density at radius 2 is 1.89 bits per heavy atom. The molecule has 1 amide bonds. The van der Waals surface area contributed by atoms with Crippen LogP contribution in [-0.4, -0.2) is 20.9 Å². The highest BCUT2D eigenvalue weighted by Gasteiger charge is 2.03. The van der Waals surface area contributed by atoms with Crippen LogP contribution in [0.5, 0.6) is 0 Å².